The molecule has 39 heavy (non-hydrogen) atoms. The summed E-state index contributed by atoms with van der Waals surface area (Å²) in [4.78, 5) is 14.8. The first-order valence-corrected chi connectivity index (χ1v) is 12.9. The van der Waals surface area contributed by atoms with Gasteiger partial charge in [0.05, 0.1) is 22.6 Å². The van der Waals surface area contributed by atoms with Crippen molar-refractivity contribution in [1.29, 1.82) is 0 Å². The molecule has 0 unspecified atom stereocenters. The van der Waals surface area contributed by atoms with Gasteiger partial charge in [-0.15, -0.1) is 0 Å². The minimum absolute atomic E-state index is 0.592. The molecule has 5 nitrogen and oxygen atoms in total. The van der Waals surface area contributed by atoms with Crippen LogP contribution in [0.25, 0.3) is 67.4 Å². The predicted octanol–water partition coefficient (Wildman–Crippen LogP) is 7.57. The van der Waals surface area contributed by atoms with Crippen LogP contribution in [-0.4, -0.2) is 15.0 Å². The minimum atomic E-state index is 0.592. The normalized spacial score (nSPS) is 11.3. The quantitative estimate of drug-likeness (QED) is 0.232. The standard InChI is InChI=1S/C34H25N4O/c1-22-16-17-25-26-18-19-27(37-34(26)39-32(25)31(22)30-15-9-10-20-38(30)2)29-21-28(23-11-5-3-6-12-23)35-33(36-29)24-13-7-4-8-14-24/h3-21H,1-2H3/q+1. The van der Waals surface area contributed by atoms with Crippen molar-refractivity contribution in [2.75, 3.05) is 0 Å². The van der Waals surface area contributed by atoms with Crippen molar-refractivity contribution in [3.63, 3.8) is 0 Å². The fourth-order valence-corrected chi connectivity index (χ4v) is 5.11. The lowest BCUT2D eigenvalue weighted by Crippen LogP contribution is -2.30. The maximum absolute atomic E-state index is 6.50. The molecule has 3 aromatic carbocycles. The number of nitrogens with zero attached hydrogens (tertiary/aromatic N) is 4. The highest BCUT2D eigenvalue weighted by Gasteiger charge is 2.21. The van der Waals surface area contributed by atoms with Crippen LogP contribution in [0.5, 0.6) is 0 Å². The monoisotopic (exact) mass is 505 g/mol. The van der Waals surface area contributed by atoms with Gasteiger partial charge in [0.15, 0.2) is 17.6 Å². The van der Waals surface area contributed by atoms with E-state index in [9.17, 15) is 0 Å². The summed E-state index contributed by atoms with van der Waals surface area (Å²) in [6.45, 7) is 2.12. The zero-order valence-corrected chi connectivity index (χ0v) is 21.7. The van der Waals surface area contributed by atoms with Gasteiger partial charge in [0, 0.05) is 34.0 Å². The van der Waals surface area contributed by atoms with Crippen molar-refractivity contribution in [2.24, 2.45) is 7.05 Å². The van der Waals surface area contributed by atoms with Crippen LogP contribution in [0.1, 0.15) is 5.56 Å². The number of furan rings is 1. The fourth-order valence-electron chi connectivity index (χ4n) is 5.11. The Hall–Kier alpha value is -5.16. The number of aromatic nitrogens is 4. The van der Waals surface area contributed by atoms with E-state index in [-0.39, 0.29) is 0 Å². The SMILES string of the molecule is Cc1ccc2c(oc3nc(-c4cc(-c5ccccc5)nc(-c5ccccc5)n4)ccc32)c1-c1cccc[n+]1C. The van der Waals surface area contributed by atoms with E-state index in [1.54, 1.807) is 0 Å². The third-order valence-electron chi connectivity index (χ3n) is 7.12. The molecular weight excluding hydrogens is 480 g/mol. The number of pyridine rings is 2. The van der Waals surface area contributed by atoms with E-state index in [1.165, 1.54) is 0 Å². The maximum Gasteiger partial charge on any atom is 0.227 e. The highest BCUT2D eigenvalue weighted by Crippen LogP contribution is 2.37. The van der Waals surface area contributed by atoms with E-state index >= 15 is 0 Å². The number of benzene rings is 3. The molecule has 0 spiro atoms. The molecular formula is C34H25N4O+. The lowest BCUT2D eigenvalue weighted by atomic mass is 10.0. The second-order valence-corrected chi connectivity index (χ2v) is 9.68. The molecule has 5 heteroatoms. The molecule has 0 aliphatic carbocycles. The van der Waals surface area contributed by atoms with E-state index in [4.69, 9.17) is 19.4 Å². The Bertz CT molecular complexity index is 1920. The average Bonchev–Trinajstić information content (AvgIpc) is 3.36. The van der Waals surface area contributed by atoms with Crippen LogP contribution >= 0.6 is 0 Å². The van der Waals surface area contributed by atoms with Crippen LogP contribution in [-0.2, 0) is 7.05 Å². The topological polar surface area (TPSA) is 55.7 Å². The number of fused-ring (bicyclic) bond motifs is 3. The molecule has 0 atom stereocenters. The molecule has 0 bridgehead atoms. The zero-order chi connectivity index (χ0) is 26.3. The summed E-state index contributed by atoms with van der Waals surface area (Å²) in [5, 5.41) is 2.03. The number of hydrogen-bond acceptors (Lipinski definition) is 4. The van der Waals surface area contributed by atoms with Gasteiger partial charge in [-0.1, -0.05) is 72.8 Å². The molecule has 0 saturated heterocycles. The van der Waals surface area contributed by atoms with Crippen molar-refractivity contribution in [3.05, 3.63) is 121 Å². The summed E-state index contributed by atoms with van der Waals surface area (Å²) in [6, 6.07) is 36.8. The Balaban J connectivity index is 1.43. The molecule has 0 N–H and O–H groups in total. The summed E-state index contributed by atoms with van der Waals surface area (Å²) >= 11 is 0. The zero-order valence-electron chi connectivity index (χ0n) is 21.7. The third-order valence-corrected chi connectivity index (χ3v) is 7.12. The number of rotatable bonds is 4. The first-order valence-electron chi connectivity index (χ1n) is 12.9. The predicted molar refractivity (Wildman–Crippen MR) is 155 cm³/mol. The van der Waals surface area contributed by atoms with Crippen molar-refractivity contribution in [1.82, 2.24) is 15.0 Å². The summed E-state index contributed by atoms with van der Waals surface area (Å²) in [6.07, 6.45) is 2.05. The number of aryl methyl sites for hydroxylation is 2. The lowest BCUT2D eigenvalue weighted by molar-refractivity contribution is -0.660. The highest BCUT2D eigenvalue weighted by atomic mass is 16.3. The van der Waals surface area contributed by atoms with Gasteiger partial charge in [-0.2, -0.15) is 0 Å². The molecule has 0 amide bonds. The Kier molecular flexibility index (Phi) is 5.48. The summed E-state index contributed by atoms with van der Waals surface area (Å²) < 4.78 is 8.61. The Morgan fingerprint density at radius 3 is 2.08 bits per heavy atom. The highest BCUT2D eigenvalue weighted by molar-refractivity contribution is 6.09. The first kappa shape index (κ1) is 23.0. The van der Waals surface area contributed by atoms with Crippen LogP contribution in [0.3, 0.4) is 0 Å². The molecule has 7 aromatic rings. The van der Waals surface area contributed by atoms with Gasteiger partial charge in [-0.25, -0.2) is 19.5 Å². The maximum atomic E-state index is 6.50. The molecule has 0 saturated carbocycles. The van der Waals surface area contributed by atoms with Gasteiger partial charge in [0.1, 0.15) is 7.05 Å². The van der Waals surface area contributed by atoms with E-state index in [2.05, 4.69) is 67.2 Å². The molecule has 0 radical (unpaired) electrons. The van der Waals surface area contributed by atoms with Crippen LogP contribution in [0.15, 0.2) is 120 Å². The minimum Gasteiger partial charge on any atom is -0.437 e. The summed E-state index contributed by atoms with van der Waals surface area (Å²) in [5.41, 5.74) is 9.07. The molecule has 186 valence electrons. The molecule has 7 rings (SSSR count). The molecule has 0 aliphatic heterocycles. The van der Waals surface area contributed by atoms with Crippen LogP contribution in [0, 0.1) is 6.92 Å². The molecule has 4 heterocycles. The van der Waals surface area contributed by atoms with Crippen LogP contribution in [0.4, 0.5) is 0 Å². The van der Waals surface area contributed by atoms with Gasteiger partial charge >= 0.3 is 0 Å². The van der Waals surface area contributed by atoms with Crippen molar-refractivity contribution in [3.8, 4) is 45.3 Å². The molecule has 4 aromatic heterocycles. The second kappa shape index (κ2) is 9.30. The molecule has 0 fully saturated rings. The lowest BCUT2D eigenvalue weighted by Gasteiger charge is -2.08. The van der Waals surface area contributed by atoms with Crippen molar-refractivity contribution in [2.45, 2.75) is 6.92 Å². The third kappa shape index (κ3) is 4.05. The largest absolute Gasteiger partial charge is 0.437 e. The summed E-state index contributed by atoms with van der Waals surface area (Å²) in [7, 11) is 2.05. The average molecular weight is 506 g/mol. The summed E-state index contributed by atoms with van der Waals surface area (Å²) in [5.74, 6) is 0.660. The Morgan fingerprint density at radius 1 is 0.615 bits per heavy atom. The van der Waals surface area contributed by atoms with Gasteiger partial charge in [-0.05, 0) is 36.8 Å². The van der Waals surface area contributed by atoms with Crippen LogP contribution in [0.2, 0.25) is 0 Å². The van der Waals surface area contributed by atoms with Crippen LogP contribution < -0.4 is 4.57 Å². The van der Waals surface area contributed by atoms with Crippen molar-refractivity contribution < 1.29 is 8.98 Å². The van der Waals surface area contributed by atoms with E-state index < -0.39 is 0 Å². The second-order valence-electron chi connectivity index (χ2n) is 9.68. The first-order chi connectivity index (χ1) is 19.2. The molecule has 0 aliphatic rings. The van der Waals surface area contributed by atoms with Gasteiger partial charge in [-0.3, -0.25) is 0 Å². The Morgan fingerprint density at radius 2 is 1.31 bits per heavy atom. The Labute approximate surface area is 226 Å². The van der Waals surface area contributed by atoms with Gasteiger partial charge in [0.2, 0.25) is 11.4 Å². The van der Waals surface area contributed by atoms with Gasteiger partial charge < -0.3 is 4.42 Å². The van der Waals surface area contributed by atoms with Gasteiger partial charge in [0.25, 0.3) is 0 Å². The van der Waals surface area contributed by atoms with E-state index in [0.29, 0.717) is 11.5 Å². The van der Waals surface area contributed by atoms with E-state index in [0.717, 1.165) is 61.4 Å². The fraction of sp³-hybridized carbons (Fsp3) is 0.0588. The van der Waals surface area contributed by atoms with Crippen molar-refractivity contribution >= 4 is 22.1 Å². The van der Waals surface area contributed by atoms with E-state index in [1.807, 2.05) is 66.7 Å². The number of hydrogen-bond donors (Lipinski definition) is 0. The smallest absolute Gasteiger partial charge is 0.227 e.